The van der Waals surface area contributed by atoms with Crippen molar-refractivity contribution in [1.29, 1.82) is 0 Å². The number of amides is 1. The second-order valence-corrected chi connectivity index (χ2v) is 8.86. The summed E-state index contributed by atoms with van der Waals surface area (Å²) in [6, 6.07) is 1.90. The highest BCUT2D eigenvalue weighted by Crippen LogP contribution is 2.36. The lowest BCUT2D eigenvalue weighted by molar-refractivity contribution is -0.117. The van der Waals surface area contributed by atoms with Gasteiger partial charge in [0.2, 0.25) is 5.91 Å². The topological polar surface area (TPSA) is 55.4 Å². The van der Waals surface area contributed by atoms with Crippen molar-refractivity contribution in [2.45, 2.75) is 78.6 Å². The van der Waals surface area contributed by atoms with Crippen LogP contribution in [0, 0.1) is 5.92 Å². The number of nitrogens with one attached hydrogen (secondary N) is 1. The number of esters is 1. The zero-order valence-electron chi connectivity index (χ0n) is 17.1. The number of carbonyl (C=O) groups excluding carboxylic acids is 2. The van der Waals surface area contributed by atoms with E-state index in [-0.39, 0.29) is 11.9 Å². The van der Waals surface area contributed by atoms with Crippen LogP contribution in [0.15, 0.2) is 17.7 Å². The Morgan fingerprint density at radius 2 is 2.04 bits per heavy atom. The van der Waals surface area contributed by atoms with Gasteiger partial charge in [-0.2, -0.15) is 0 Å². The van der Waals surface area contributed by atoms with Gasteiger partial charge in [0.05, 0.1) is 12.2 Å². The standard InChI is InChI=1S/C22H33NO3S/c1-5-26-22(25)18-14-19(16(4)10-8-9-15(2)3)27-21(18)23-20(24)13-17-11-6-7-12-17/h9,14,16-17H,5-8,10-13H2,1-4H3,(H,23,24)/t16-/m0/s1. The molecule has 0 radical (unpaired) electrons. The van der Waals surface area contributed by atoms with Crippen molar-refractivity contribution in [2.24, 2.45) is 5.92 Å². The largest absolute Gasteiger partial charge is 0.462 e. The molecule has 0 bridgehead atoms. The minimum Gasteiger partial charge on any atom is -0.462 e. The predicted octanol–water partition coefficient (Wildman–Crippen LogP) is 6.29. The summed E-state index contributed by atoms with van der Waals surface area (Å²) in [7, 11) is 0. The number of ether oxygens (including phenoxy) is 1. The van der Waals surface area contributed by atoms with Gasteiger partial charge in [0.15, 0.2) is 0 Å². The number of allylic oxidation sites excluding steroid dienone is 2. The van der Waals surface area contributed by atoms with Crippen LogP contribution in [0.1, 0.15) is 93.8 Å². The summed E-state index contributed by atoms with van der Waals surface area (Å²) >= 11 is 1.51. The molecular formula is C22H33NO3S. The molecule has 1 atom stereocenters. The fourth-order valence-corrected chi connectivity index (χ4v) is 4.67. The van der Waals surface area contributed by atoms with Crippen molar-refractivity contribution in [2.75, 3.05) is 11.9 Å². The normalized spacial score (nSPS) is 15.4. The lowest BCUT2D eigenvalue weighted by Gasteiger charge is -2.10. The first kappa shape index (κ1) is 21.7. The Morgan fingerprint density at radius 1 is 1.33 bits per heavy atom. The third-order valence-corrected chi connectivity index (χ3v) is 6.37. The molecule has 0 spiro atoms. The van der Waals surface area contributed by atoms with E-state index in [1.807, 2.05) is 6.07 Å². The maximum atomic E-state index is 12.5. The van der Waals surface area contributed by atoms with Crippen LogP contribution in [0.2, 0.25) is 0 Å². The molecule has 2 rings (SSSR count). The first-order chi connectivity index (χ1) is 12.9. The van der Waals surface area contributed by atoms with Gasteiger partial charge in [0.1, 0.15) is 5.00 Å². The van der Waals surface area contributed by atoms with Gasteiger partial charge in [-0.3, -0.25) is 4.79 Å². The summed E-state index contributed by atoms with van der Waals surface area (Å²) in [6.45, 7) is 8.50. The minimum atomic E-state index is -0.354. The number of carbonyl (C=O) groups is 2. The number of rotatable bonds is 9. The molecule has 1 aliphatic carbocycles. The van der Waals surface area contributed by atoms with Crippen LogP contribution >= 0.6 is 11.3 Å². The van der Waals surface area contributed by atoms with Crippen molar-refractivity contribution >= 4 is 28.2 Å². The van der Waals surface area contributed by atoms with Gasteiger partial charge < -0.3 is 10.1 Å². The second kappa shape index (κ2) is 10.6. The molecule has 1 aliphatic rings. The quantitative estimate of drug-likeness (QED) is 0.397. The Bertz CT molecular complexity index is 667. The summed E-state index contributed by atoms with van der Waals surface area (Å²) in [5.74, 6) is 0.475. The van der Waals surface area contributed by atoms with Crippen molar-refractivity contribution in [3.05, 3.63) is 28.2 Å². The summed E-state index contributed by atoms with van der Waals surface area (Å²) in [5, 5.41) is 3.63. The van der Waals surface area contributed by atoms with Crippen LogP contribution in [0.3, 0.4) is 0 Å². The lowest BCUT2D eigenvalue weighted by Crippen LogP contribution is -2.16. The highest BCUT2D eigenvalue weighted by molar-refractivity contribution is 7.16. The van der Waals surface area contributed by atoms with Gasteiger partial charge in [0.25, 0.3) is 0 Å². The van der Waals surface area contributed by atoms with Gasteiger partial charge in [-0.1, -0.05) is 31.4 Å². The third-order valence-electron chi connectivity index (χ3n) is 5.09. The molecule has 1 aromatic rings. The minimum absolute atomic E-state index is 0.0121. The summed E-state index contributed by atoms with van der Waals surface area (Å²) in [5.41, 5.74) is 1.81. The van der Waals surface area contributed by atoms with E-state index in [9.17, 15) is 9.59 Å². The Kier molecular flexibility index (Phi) is 8.55. The monoisotopic (exact) mass is 391 g/mol. The van der Waals surface area contributed by atoms with Crippen molar-refractivity contribution in [3.63, 3.8) is 0 Å². The van der Waals surface area contributed by atoms with Crippen LogP contribution in [0.25, 0.3) is 0 Å². The van der Waals surface area contributed by atoms with E-state index >= 15 is 0 Å². The molecule has 1 N–H and O–H groups in total. The predicted molar refractivity (Wildman–Crippen MR) is 113 cm³/mol. The maximum Gasteiger partial charge on any atom is 0.341 e. The highest BCUT2D eigenvalue weighted by atomic mass is 32.1. The average Bonchev–Trinajstić information content (AvgIpc) is 3.24. The van der Waals surface area contributed by atoms with Crippen LogP contribution in [0.4, 0.5) is 5.00 Å². The first-order valence-electron chi connectivity index (χ1n) is 10.1. The van der Waals surface area contributed by atoms with Gasteiger partial charge in [0, 0.05) is 11.3 Å². The van der Waals surface area contributed by atoms with Gasteiger partial charge in [-0.05, 0) is 64.4 Å². The zero-order valence-corrected chi connectivity index (χ0v) is 17.9. The molecule has 1 amide bonds. The van der Waals surface area contributed by atoms with E-state index in [1.54, 1.807) is 6.92 Å². The Labute approximate surface area is 167 Å². The number of anilines is 1. The second-order valence-electron chi connectivity index (χ2n) is 7.77. The molecule has 150 valence electrons. The average molecular weight is 392 g/mol. The Morgan fingerprint density at radius 3 is 2.67 bits per heavy atom. The summed E-state index contributed by atoms with van der Waals surface area (Å²) < 4.78 is 5.20. The van der Waals surface area contributed by atoms with Gasteiger partial charge in [-0.25, -0.2) is 4.79 Å². The fraction of sp³-hybridized carbons (Fsp3) is 0.636. The van der Waals surface area contributed by atoms with Crippen molar-refractivity contribution in [3.8, 4) is 0 Å². The van der Waals surface area contributed by atoms with E-state index in [2.05, 4.69) is 32.2 Å². The molecule has 5 heteroatoms. The maximum absolute atomic E-state index is 12.5. The van der Waals surface area contributed by atoms with E-state index in [1.165, 1.54) is 29.8 Å². The summed E-state index contributed by atoms with van der Waals surface area (Å²) in [4.78, 5) is 25.9. The Hall–Kier alpha value is -1.62. The number of thiophene rings is 1. The molecular weight excluding hydrogens is 358 g/mol. The molecule has 1 fully saturated rings. The van der Waals surface area contributed by atoms with E-state index in [0.29, 0.717) is 35.4 Å². The van der Waals surface area contributed by atoms with E-state index in [4.69, 9.17) is 4.74 Å². The van der Waals surface area contributed by atoms with E-state index in [0.717, 1.165) is 30.6 Å². The van der Waals surface area contributed by atoms with Gasteiger partial charge >= 0.3 is 5.97 Å². The number of hydrogen-bond acceptors (Lipinski definition) is 4. The SMILES string of the molecule is CCOC(=O)c1cc([C@@H](C)CCC=C(C)C)sc1NC(=O)CC1CCCC1. The molecule has 0 saturated heterocycles. The molecule has 4 nitrogen and oxygen atoms in total. The molecule has 0 unspecified atom stereocenters. The van der Waals surface area contributed by atoms with Crippen molar-refractivity contribution < 1.29 is 14.3 Å². The number of hydrogen-bond donors (Lipinski definition) is 1. The fourth-order valence-electron chi connectivity index (χ4n) is 3.52. The van der Waals surface area contributed by atoms with Crippen LogP contribution in [0.5, 0.6) is 0 Å². The van der Waals surface area contributed by atoms with Crippen LogP contribution in [-0.2, 0) is 9.53 Å². The third kappa shape index (κ3) is 6.80. The van der Waals surface area contributed by atoms with Gasteiger partial charge in [-0.15, -0.1) is 11.3 Å². The molecule has 1 aromatic heterocycles. The first-order valence-corrected chi connectivity index (χ1v) is 11.0. The molecule has 0 aromatic carbocycles. The van der Waals surface area contributed by atoms with Crippen LogP contribution in [-0.4, -0.2) is 18.5 Å². The molecule has 1 saturated carbocycles. The lowest BCUT2D eigenvalue weighted by atomic mass is 10.0. The Balaban J connectivity index is 2.10. The molecule has 0 aliphatic heterocycles. The summed E-state index contributed by atoms with van der Waals surface area (Å²) in [6.07, 6.45) is 9.52. The zero-order chi connectivity index (χ0) is 19.8. The molecule has 1 heterocycles. The van der Waals surface area contributed by atoms with E-state index < -0.39 is 0 Å². The highest BCUT2D eigenvalue weighted by Gasteiger charge is 2.23. The molecule has 27 heavy (non-hydrogen) atoms. The smallest absolute Gasteiger partial charge is 0.341 e. The van der Waals surface area contributed by atoms with Crippen LogP contribution < -0.4 is 5.32 Å². The van der Waals surface area contributed by atoms with Crippen molar-refractivity contribution in [1.82, 2.24) is 0 Å².